The van der Waals surface area contributed by atoms with E-state index in [0.29, 0.717) is 46.1 Å². The molecule has 0 unspecified atom stereocenters. The van der Waals surface area contributed by atoms with Crippen LogP contribution >= 0.6 is 0 Å². The highest BCUT2D eigenvalue weighted by Crippen LogP contribution is 2.35. The monoisotopic (exact) mass is 450 g/mol. The van der Waals surface area contributed by atoms with Gasteiger partial charge in [-0.05, 0) is 35.9 Å². The summed E-state index contributed by atoms with van der Waals surface area (Å²) in [6, 6.07) is 20.3. The number of hydrogen-bond donors (Lipinski definition) is 0. The highest BCUT2D eigenvalue weighted by atomic mass is 16.7. The number of benzene rings is 2. The summed E-state index contributed by atoms with van der Waals surface area (Å²) in [5.41, 5.74) is 3.54. The molecular weight excluding hydrogens is 432 g/mol. The standard InChI is InChI=1S/C26H18N4O4/c31-26(34-19-6-7-23-24(12-19)33-16-32-23)20-13-22(18-4-2-1-3-5-18)29-25-21(20)14-28-30(25)15-17-8-10-27-11-9-17/h1-14H,15-16H2. The lowest BCUT2D eigenvalue weighted by atomic mass is 10.1. The van der Waals surface area contributed by atoms with E-state index in [1.807, 2.05) is 42.5 Å². The summed E-state index contributed by atoms with van der Waals surface area (Å²) in [6.07, 6.45) is 5.12. The largest absolute Gasteiger partial charge is 0.454 e. The van der Waals surface area contributed by atoms with Gasteiger partial charge in [0.2, 0.25) is 6.79 Å². The summed E-state index contributed by atoms with van der Waals surface area (Å²) in [6.45, 7) is 0.642. The molecule has 8 nitrogen and oxygen atoms in total. The van der Waals surface area contributed by atoms with E-state index in [1.165, 1.54) is 0 Å². The van der Waals surface area contributed by atoms with Crippen molar-refractivity contribution in [2.45, 2.75) is 6.54 Å². The number of hydrogen-bond acceptors (Lipinski definition) is 7. The molecule has 0 saturated heterocycles. The van der Waals surface area contributed by atoms with Crippen molar-refractivity contribution in [3.63, 3.8) is 0 Å². The van der Waals surface area contributed by atoms with Crippen LogP contribution in [0.2, 0.25) is 0 Å². The molecule has 8 heteroatoms. The summed E-state index contributed by atoms with van der Waals surface area (Å²) in [4.78, 5) is 22.2. The van der Waals surface area contributed by atoms with E-state index < -0.39 is 5.97 Å². The van der Waals surface area contributed by atoms with Crippen molar-refractivity contribution < 1.29 is 19.0 Å². The van der Waals surface area contributed by atoms with Crippen molar-refractivity contribution in [2.24, 2.45) is 0 Å². The Labute approximate surface area is 194 Å². The van der Waals surface area contributed by atoms with Crippen LogP contribution in [-0.2, 0) is 6.54 Å². The molecule has 2 aromatic carbocycles. The van der Waals surface area contributed by atoms with E-state index in [4.69, 9.17) is 19.2 Å². The van der Waals surface area contributed by atoms with Gasteiger partial charge in [0.05, 0.1) is 29.4 Å². The number of ether oxygens (including phenoxy) is 3. The van der Waals surface area contributed by atoms with Crippen molar-refractivity contribution in [2.75, 3.05) is 6.79 Å². The number of rotatable bonds is 5. The normalized spacial score (nSPS) is 12.1. The van der Waals surface area contributed by atoms with E-state index in [0.717, 1.165) is 11.1 Å². The fourth-order valence-corrected chi connectivity index (χ4v) is 3.85. The van der Waals surface area contributed by atoms with E-state index in [-0.39, 0.29) is 6.79 Å². The fourth-order valence-electron chi connectivity index (χ4n) is 3.85. The Hall–Kier alpha value is -4.72. The molecule has 34 heavy (non-hydrogen) atoms. The van der Waals surface area contributed by atoms with Gasteiger partial charge in [0.1, 0.15) is 5.75 Å². The summed E-state index contributed by atoms with van der Waals surface area (Å²) in [7, 11) is 0. The molecule has 1 aliphatic rings. The number of fused-ring (bicyclic) bond motifs is 2. The SMILES string of the molecule is O=C(Oc1ccc2c(c1)OCO2)c1cc(-c2ccccc2)nc2c1cnn2Cc1ccncc1. The Balaban J connectivity index is 1.42. The molecule has 0 amide bonds. The fraction of sp³-hybridized carbons (Fsp3) is 0.0769. The zero-order valence-corrected chi connectivity index (χ0v) is 17.9. The van der Waals surface area contributed by atoms with Crippen molar-refractivity contribution in [1.82, 2.24) is 19.7 Å². The Morgan fingerprint density at radius 1 is 0.971 bits per heavy atom. The number of esters is 1. The Kier molecular flexibility index (Phi) is 4.88. The molecule has 4 heterocycles. The molecule has 1 aliphatic heterocycles. The van der Waals surface area contributed by atoms with E-state index in [1.54, 1.807) is 47.5 Å². The smallest absolute Gasteiger partial charge is 0.344 e. The van der Waals surface area contributed by atoms with Crippen LogP contribution in [0.25, 0.3) is 22.3 Å². The highest BCUT2D eigenvalue weighted by Gasteiger charge is 2.21. The number of carbonyl (C=O) groups excluding carboxylic acids is 1. The average molecular weight is 450 g/mol. The number of nitrogens with zero attached hydrogens (tertiary/aromatic N) is 4. The third-order valence-corrected chi connectivity index (χ3v) is 5.53. The topological polar surface area (TPSA) is 88.4 Å². The molecule has 0 aliphatic carbocycles. The molecule has 0 spiro atoms. The van der Waals surface area contributed by atoms with Crippen LogP contribution in [0, 0.1) is 0 Å². The zero-order chi connectivity index (χ0) is 22.9. The molecule has 0 atom stereocenters. The van der Waals surface area contributed by atoms with Gasteiger partial charge in [0.15, 0.2) is 17.1 Å². The number of pyridine rings is 2. The van der Waals surface area contributed by atoms with Crippen LogP contribution in [0.1, 0.15) is 15.9 Å². The van der Waals surface area contributed by atoms with Crippen molar-refractivity contribution in [3.8, 4) is 28.5 Å². The minimum absolute atomic E-state index is 0.148. The van der Waals surface area contributed by atoms with E-state index in [9.17, 15) is 4.79 Å². The van der Waals surface area contributed by atoms with Gasteiger partial charge in [-0.15, -0.1) is 0 Å². The first-order valence-corrected chi connectivity index (χ1v) is 10.7. The van der Waals surface area contributed by atoms with E-state index in [2.05, 4.69) is 10.1 Å². The predicted molar refractivity (Wildman–Crippen MR) is 124 cm³/mol. The molecule has 0 radical (unpaired) electrons. The predicted octanol–water partition coefficient (Wildman–Crippen LogP) is 4.49. The van der Waals surface area contributed by atoms with Crippen LogP contribution in [0.3, 0.4) is 0 Å². The van der Waals surface area contributed by atoms with Gasteiger partial charge in [-0.2, -0.15) is 5.10 Å². The van der Waals surface area contributed by atoms with Gasteiger partial charge in [0.25, 0.3) is 0 Å². The Bertz CT molecular complexity index is 1500. The summed E-state index contributed by atoms with van der Waals surface area (Å²) >= 11 is 0. The molecule has 166 valence electrons. The lowest BCUT2D eigenvalue weighted by molar-refractivity contribution is 0.0736. The summed E-state index contributed by atoms with van der Waals surface area (Å²) in [5.74, 6) is 1.02. The molecule has 0 N–H and O–H groups in total. The first-order chi connectivity index (χ1) is 16.7. The molecule has 5 aromatic rings. The van der Waals surface area contributed by atoms with Crippen LogP contribution in [0.4, 0.5) is 0 Å². The lowest BCUT2D eigenvalue weighted by Crippen LogP contribution is -2.10. The minimum Gasteiger partial charge on any atom is -0.454 e. The second-order valence-electron chi connectivity index (χ2n) is 7.72. The second kappa shape index (κ2) is 8.32. The van der Waals surface area contributed by atoms with Crippen LogP contribution in [0.5, 0.6) is 17.2 Å². The van der Waals surface area contributed by atoms with Crippen molar-refractivity contribution >= 4 is 17.0 Å². The zero-order valence-electron chi connectivity index (χ0n) is 17.9. The lowest BCUT2D eigenvalue weighted by Gasteiger charge is -2.10. The highest BCUT2D eigenvalue weighted by molar-refractivity contribution is 6.04. The molecular formula is C26H18N4O4. The molecule has 0 bridgehead atoms. The molecule has 0 fully saturated rings. The number of carbonyl (C=O) groups is 1. The summed E-state index contributed by atoms with van der Waals surface area (Å²) < 4.78 is 18.2. The second-order valence-corrected chi connectivity index (χ2v) is 7.72. The van der Waals surface area contributed by atoms with Gasteiger partial charge >= 0.3 is 5.97 Å². The quantitative estimate of drug-likeness (QED) is 0.288. The first-order valence-electron chi connectivity index (χ1n) is 10.7. The third kappa shape index (κ3) is 3.71. The van der Waals surface area contributed by atoms with Gasteiger partial charge in [-0.1, -0.05) is 30.3 Å². The Morgan fingerprint density at radius 2 is 1.79 bits per heavy atom. The minimum atomic E-state index is -0.507. The maximum atomic E-state index is 13.3. The van der Waals surface area contributed by atoms with Gasteiger partial charge in [-0.3, -0.25) is 4.98 Å². The maximum absolute atomic E-state index is 13.3. The van der Waals surface area contributed by atoms with Gasteiger partial charge in [0, 0.05) is 24.0 Å². The molecule has 0 saturated carbocycles. The van der Waals surface area contributed by atoms with Crippen LogP contribution in [-0.4, -0.2) is 32.5 Å². The van der Waals surface area contributed by atoms with Gasteiger partial charge in [-0.25, -0.2) is 14.5 Å². The van der Waals surface area contributed by atoms with Crippen LogP contribution in [0.15, 0.2) is 85.3 Å². The van der Waals surface area contributed by atoms with Crippen LogP contribution < -0.4 is 14.2 Å². The van der Waals surface area contributed by atoms with Crippen molar-refractivity contribution in [3.05, 3.63) is 96.4 Å². The Morgan fingerprint density at radius 3 is 2.65 bits per heavy atom. The van der Waals surface area contributed by atoms with Crippen molar-refractivity contribution in [1.29, 1.82) is 0 Å². The third-order valence-electron chi connectivity index (χ3n) is 5.53. The first kappa shape index (κ1) is 19.9. The molecule has 3 aromatic heterocycles. The average Bonchev–Trinajstić information content (AvgIpc) is 3.51. The van der Waals surface area contributed by atoms with E-state index >= 15 is 0 Å². The maximum Gasteiger partial charge on any atom is 0.344 e. The van der Waals surface area contributed by atoms with Gasteiger partial charge < -0.3 is 14.2 Å². The molecule has 6 rings (SSSR count). The summed E-state index contributed by atoms with van der Waals surface area (Å²) in [5, 5.41) is 5.12. The number of aromatic nitrogens is 4.